The average molecular weight is 408 g/mol. The molecule has 0 aliphatic carbocycles. The number of fused-ring (bicyclic) bond motifs is 2. The van der Waals surface area contributed by atoms with Crippen molar-refractivity contribution in [3.05, 3.63) is 81.8 Å². The Balaban J connectivity index is 1.63. The second kappa shape index (κ2) is 6.72. The van der Waals surface area contributed by atoms with E-state index in [0.29, 0.717) is 10.9 Å². The quantitative estimate of drug-likeness (QED) is 0.559. The van der Waals surface area contributed by atoms with Gasteiger partial charge in [-0.3, -0.25) is 14.2 Å². The predicted octanol–water partition coefficient (Wildman–Crippen LogP) is 3.95. The van der Waals surface area contributed by atoms with E-state index in [2.05, 4.69) is 26.2 Å². The van der Waals surface area contributed by atoms with Crippen molar-refractivity contribution in [1.82, 2.24) is 9.55 Å². The van der Waals surface area contributed by atoms with Gasteiger partial charge in [-0.2, -0.15) is 0 Å². The molecule has 1 aromatic heterocycles. The van der Waals surface area contributed by atoms with E-state index in [9.17, 15) is 9.59 Å². The third kappa shape index (κ3) is 3.11. The molecule has 1 heterocycles. The summed E-state index contributed by atoms with van der Waals surface area (Å²) in [5.74, 6) is -0.278. The molecule has 0 saturated heterocycles. The Labute approximate surface area is 157 Å². The molecular formula is C20H14BrN3O2. The van der Waals surface area contributed by atoms with Gasteiger partial charge in [0.1, 0.15) is 6.54 Å². The van der Waals surface area contributed by atoms with Gasteiger partial charge in [-0.05, 0) is 29.7 Å². The molecule has 128 valence electrons. The lowest BCUT2D eigenvalue weighted by molar-refractivity contribution is -0.116. The molecule has 6 heteroatoms. The lowest BCUT2D eigenvalue weighted by Gasteiger charge is -2.10. The van der Waals surface area contributed by atoms with Gasteiger partial charge in [0.25, 0.3) is 5.56 Å². The molecule has 1 N–H and O–H groups in total. The molecule has 0 aliphatic heterocycles. The summed E-state index contributed by atoms with van der Waals surface area (Å²) in [7, 11) is 0. The zero-order valence-corrected chi connectivity index (χ0v) is 15.2. The molecule has 0 saturated carbocycles. The van der Waals surface area contributed by atoms with E-state index in [-0.39, 0.29) is 18.0 Å². The molecule has 0 fully saturated rings. The fourth-order valence-corrected chi connectivity index (χ4v) is 3.28. The minimum atomic E-state index is -0.278. The Morgan fingerprint density at radius 2 is 1.85 bits per heavy atom. The van der Waals surface area contributed by atoms with Crippen LogP contribution in [0, 0.1) is 0 Å². The van der Waals surface area contributed by atoms with Crippen molar-refractivity contribution in [3.8, 4) is 0 Å². The first-order valence-corrected chi connectivity index (χ1v) is 8.83. The molecule has 0 aliphatic rings. The maximum Gasteiger partial charge on any atom is 0.261 e. The normalized spacial score (nSPS) is 11.0. The number of hydrogen-bond donors (Lipinski definition) is 1. The van der Waals surface area contributed by atoms with Crippen molar-refractivity contribution >= 4 is 49.2 Å². The summed E-state index contributed by atoms with van der Waals surface area (Å²) in [6.45, 7) is -0.0997. The highest BCUT2D eigenvalue weighted by molar-refractivity contribution is 9.10. The molecule has 0 bridgehead atoms. The summed E-state index contributed by atoms with van der Waals surface area (Å²) in [4.78, 5) is 29.3. The third-order valence-corrected chi connectivity index (χ3v) is 4.66. The highest BCUT2D eigenvalue weighted by Crippen LogP contribution is 2.23. The number of halogens is 1. The summed E-state index contributed by atoms with van der Waals surface area (Å²) >= 11 is 3.35. The summed E-state index contributed by atoms with van der Waals surface area (Å²) in [5, 5.41) is 5.35. The van der Waals surface area contributed by atoms with Crippen molar-refractivity contribution in [3.63, 3.8) is 0 Å². The minimum Gasteiger partial charge on any atom is -0.324 e. The van der Waals surface area contributed by atoms with Crippen LogP contribution < -0.4 is 10.9 Å². The average Bonchev–Trinajstić information content (AvgIpc) is 2.65. The molecule has 4 rings (SSSR count). The molecule has 1 amide bonds. The number of carbonyl (C=O) groups excluding carboxylic acids is 1. The maximum absolute atomic E-state index is 12.6. The molecule has 0 atom stereocenters. The van der Waals surface area contributed by atoms with Gasteiger partial charge in [0, 0.05) is 15.5 Å². The third-order valence-electron chi connectivity index (χ3n) is 4.16. The zero-order chi connectivity index (χ0) is 18.1. The maximum atomic E-state index is 12.6. The first kappa shape index (κ1) is 16.5. The van der Waals surface area contributed by atoms with Crippen molar-refractivity contribution in [2.24, 2.45) is 0 Å². The van der Waals surface area contributed by atoms with E-state index < -0.39 is 0 Å². The number of amides is 1. The molecular weight excluding hydrogens is 394 g/mol. The van der Waals surface area contributed by atoms with Crippen LogP contribution in [0.2, 0.25) is 0 Å². The van der Waals surface area contributed by atoms with E-state index in [1.165, 1.54) is 10.9 Å². The Hall–Kier alpha value is -2.99. The molecule has 3 aromatic carbocycles. The van der Waals surface area contributed by atoms with E-state index in [4.69, 9.17) is 0 Å². The van der Waals surface area contributed by atoms with Crippen LogP contribution in [0.1, 0.15) is 0 Å². The summed E-state index contributed by atoms with van der Waals surface area (Å²) in [6, 6.07) is 18.8. The summed E-state index contributed by atoms with van der Waals surface area (Å²) in [5.41, 5.74) is 1.07. The highest BCUT2D eigenvalue weighted by atomic mass is 79.9. The van der Waals surface area contributed by atoms with Gasteiger partial charge in [-0.15, -0.1) is 0 Å². The summed E-state index contributed by atoms with van der Waals surface area (Å²) < 4.78 is 2.11. The number of carbonyl (C=O) groups is 1. The number of anilines is 1. The van der Waals surface area contributed by atoms with Crippen molar-refractivity contribution in [1.29, 1.82) is 0 Å². The van der Waals surface area contributed by atoms with Crippen LogP contribution in [-0.4, -0.2) is 15.5 Å². The van der Waals surface area contributed by atoms with Crippen LogP contribution in [0.25, 0.3) is 21.7 Å². The van der Waals surface area contributed by atoms with Gasteiger partial charge in [-0.1, -0.05) is 52.3 Å². The Kier molecular flexibility index (Phi) is 4.26. The van der Waals surface area contributed by atoms with E-state index in [1.54, 1.807) is 12.1 Å². The van der Waals surface area contributed by atoms with Crippen LogP contribution in [0.3, 0.4) is 0 Å². The van der Waals surface area contributed by atoms with Crippen LogP contribution in [0.5, 0.6) is 0 Å². The fraction of sp³-hybridized carbons (Fsp3) is 0.0500. The van der Waals surface area contributed by atoms with Crippen molar-refractivity contribution in [2.45, 2.75) is 6.54 Å². The molecule has 26 heavy (non-hydrogen) atoms. The van der Waals surface area contributed by atoms with Gasteiger partial charge < -0.3 is 5.32 Å². The van der Waals surface area contributed by atoms with Gasteiger partial charge in [0.2, 0.25) is 5.91 Å². The first-order valence-electron chi connectivity index (χ1n) is 8.04. The number of nitrogens with one attached hydrogen (secondary N) is 1. The number of hydrogen-bond acceptors (Lipinski definition) is 3. The standard InChI is InChI=1S/C20H14BrN3O2/c21-14-8-9-17-16(10-14)20(26)24(12-22-17)11-19(25)23-18-7-3-5-13-4-1-2-6-15(13)18/h1-10,12H,11H2,(H,23,25). The first-order chi connectivity index (χ1) is 12.6. The molecule has 0 unspecified atom stereocenters. The number of aromatic nitrogens is 2. The van der Waals surface area contributed by atoms with Crippen LogP contribution in [0.4, 0.5) is 5.69 Å². The smallest absolute Gasteiger partial charge is 0.261 e. The summed E-state index contributed by atoms with van der Waals surface area (Å²) in [6.07, 6.45) is 1.40. The second-order valence-electron chi connectivity index (χ2n) is 5.91. The number of nitrogens with zero attached hydrogens (tertiary/aromatic N) is 2. The van der Waals surface area contributed by atoms with Crippen LogP contribution in [0.15, 0.2) is 76.3 Å². The predicted molar refractivity (Wildman–Crippen MR) is 106 cm³/mol. The van der Waals surface area contributed by atoms with Crippen LogP contribution >= 0.6 is 15.9 Å². The highest BCUT2D eigenvalue weighted by Gasteiger charge is 2.10. The van der Waals surface area contributed by atoms with Gasteiger partial charge in [0.05, 0.1) is 17.2 Å². The van der Waals surface area contributed by atoms with Crippen molar-refractivity contribution in [2.75, 3.05) is 5.32 Å². The van der Waals surface area contributed by atoms with Gasteiger partial charge >= 0.3 is 0 Å². The second-order valence-corrected chi connectivity index (χ2v) is 6.83. The molecule has 0 spiro atoms. The Morgan fingerprint density at radius 1 is 1.04 bits per heavy atom. The van der Waals surface area contributed by atoms with E-state index in [0.717, 1.165) is 20.9 Å². The molecule has 0 radical (unpaired) electrons. The molecule has 4 aromatic rings. The fourth-order valence-electron chi connectivity index (χ4n) is 2.92. The SMILES string of the molecule is O=C(Cn1cnc2ccc(Br)cc2c1=O)Nc1cccc2ccccc12. The molecule has 5 nitrogen and oxygen atoms in total. The topological polar surface area (TPSA) is 64.0 Å². The zero-order valence-electron chi connectivity index (χ0n) is 13.6. The van der Waals surface area contributed by atoms with Gasteiger partial charge in [0.15, 0.2) is 0 Å². The Morgan fingerprint density at radius 3 is 2.73 bits per heavy atom. The number of rotatable bonds is 3. The van der Waals surface area contributed by atoms with E-state index >= 15 is 0 Å². The Bertz CT molecular complexity index is 1200. The minimum absolute atomic E-state index is 0.0997. The van der Waals surface area contributed by atoms with Crippen LogP contribution in [-0.2, 0) is 11.3 Å². The largest absolute Gasteiger partial charge is 0.324 e. The number of benzene rings is 3. The monoisotopic (exact) mass is 407 g/mol. The van der Waals surface area contributed by atoms with E-state index in [1.807, 2.05) is 48.5 Å². The lowest BCUT2D eigenvalue weighted by Crippen LogP contribution is -2.28. The van der Waals surface area contributed by atoms with Gasteiger partial charge in [-0.25, -0.2) is 4.98 Å². The lowest BCUT2D eigenvalue weighted by atomic mass is 10.1. The van der Waals surface area contributed by atoms with Crippen molar-refractivity contribution < 1.29 is 4.79 Å².